The fourth-order valence-electron chi connectivity index (χ4n) is 2.71. The number of carbonyl (C=O) groups is 1. The van der Waals surface area contributed by atoms with E-state index in [0.29, 0.717) is 17.2 Å². The fourth-order valence-corrected chi connectivity index (χ4v) is 2.71. The van der Waals surface area contributed by atoms with Gasteiger partial charge in [0.05, 0.1) is 11.2 Å². The minimum atomic E-state index is -0.192. The van der Waals surface area contributed by atoms with Crippen LogP contribution >= 0.6 is 0 Å². The van der Waals surface area contributed by atoms with Crippen molar-refractivity contribution in [3.05, 3.63) is 48.5 Å². The van der Waals surface area contributed by atoms with E-state index in [4.69, 9.17) is 0 Å². The molecule has 2 N–H and O–H groups in total. The van der Waals surface area contributed by atoms with Crippen LogP contribution in [0.1, 0.15) is 25.5 Å². The monoisotopic (exact) mass is 333 g/mol. The van der Waals surface area contributed by atoms with E-state index in [1.807, 2.05) is 24.5 Å². The second kappa shape index (κ2) is 6.47. The number of rotatable bonds is 4. The molecule has 4 rings (SSSR count). The molecule has 0 radical (unpaired) electrons. The number of aromatic nitrogens is 3. The van der Waals surface area contributed by atoms with E-state index in [1.54, 1.807) is 12.3 Å². The lowest BCUT2D eigenvalue weighted by Gasteiger charge is -2.10. The predicted molar refractivity (Wildman–Crippen MR) is 97.3 cm³/mol. The van der Waals surface area contributed by atoms with E-state index in [-0.39, 0.29) is 6.03 Å². The van der Waals surface area contributed by atoms with Gasteiger partial charge in [-0.05, 0) is 49.1 Å². The van der Waals surface area contributed by atoms with Crippen LogP contribution in [-0.2, 0) is 6.42 Å². The molecule has 1 saturated carbocycles. The van der Waals surface area contributed by atoms with Crippen molar-refractivity contribution >= 4 is 22.8 Å². The van der Waals surface area contributed by atoms with E-state index in [1.165, 1.54) is 0 Å². The number of aryl methyl sites for hydroxylation is 1. The summed E-state index contributed by atoms with van der Waals surface area (Å²) in [5.41, 5.74) is 5.18. The summed E-state index contributed by atoms with van der Waals surface area (Å²) in [5.74, 6) is 0. The Morgan fingerprint density at radius 2 is 1.96 bits per heavy atom. The molecule has 6 nitrogen and oxygen atoms in total. The highest BCUT2D eigenvalue weighted by atomic mass is 16.2. The minimum Gasteiger partial charge on any atom is -0.335 e. The molecule has 2 amide bonds. The number of hydrogen-bond donors (Lipinski definition) is 2. The van der Waals surface area contributed by atoms with Crippen molar-refractivity contribution < 1.29 is 4.79 Å². The lowest BCUT2D eigenvalue weighted by atomic mass is 10.1. The Labute approximate surface area is 145 Å². The van der Waals surface area contributed by atoms with Gasteiger partial charge in [-0.1, -0.05) is 6.92 Å². The average Bonchev–Trinajstić information content (AvgIpc) is 3.45. The average molecular weight is 333 g/mol. The molecular formula is C19H19N5O. The first kappa shape index (κ1) is 15.5. The third-order valence-electron chi connectivity index (χ3n) is 4.25. The van der Waals surface area contributed by atoms with Gasteiger partial charge in [0, 0.05) is 35.9 Å². The van der Waals surface area contributed by atoms with Gasteiger partial charge in [0.2, 0.25) is 0 Å². The Morgan fingerprint density at radius 3 is 2.76 bits per heavy atom. The normalized spacial score (nSPS) is 13.6. The van der Waals surface area contributed by atoms with Crippen LogP contribution in [0, 0.1) is 0 Å². The number of anilines is 1. The summed E-state index contributed by atoms with van der Waals surface area (Å²) in [6, 6.07) is 7.90. The maximum Gasteiger partial charge on any atom is 0.319 e. The molecule has 3 heterocycles. The number of nitrogens with zero attached hydrogens (tertiary/aromatic N) is 3. The Morgan fingerprint density at radius 1 is 1.12 bits per heavy atom. The number of nitrogens with one attached hydrogen (secondary N) is 2. The maximum absolute atomic E-state index is 12.0. The lowest BCUT2D eigenvalue weighted by molar-refractivity contribution is 0.251. The van der Waals surface area contributed by atoms with E-state index >= 15 is 0 Å². The van der Waals surface area contributed by atoms with E-state index in [2.05, 4.69) is 38.6 Å². The molecule has 0 aliphatic heterocycles. The van der Waals surface area contributed by atoms with Crippen LogP contribution in [0.5, 0.6) is 0 Å². The molecular weight excluding hydrogens is 314 g/mol. The second-order valence-electron chi connectivity index (χ2n) is 6.21. The fraction of sp³-hybridized carbons (Fsp3) is 0.263. The summed E-state index contributed by atoms with van der Waals surface area (Å²) in [4.78, 5) is 25.3. The Balaban J connectivity index is 1.65. The van der Waals surface area contributed by atoms with Crippen LogP contribution < -0.4 is 10.6 Å². The molecule has 0 atom stereocenters. The summed E-state index contributed by atoms with van der Waals surface area (Å²) in [6.45, 7) is 2.08. The molecule has 6 heteroatoms. The van der Waals surface area contributed by atoms with Gasteiger partial charge in [-0.2, -0.15) is 0 Å². The molecule has 0 spiro atoms. The van der Waals surface area contributed by atoms with Gasteiger partial charge >= 0.3 is 6.03 Å². The topological polar surface area (TPSA) is 79.8 Å². The zero-order valence-corrected chi connectivity index (χ0v) is 14.0. The second-order valence-corrected chi connectivity index (χ2v) is 6.21. The number of urea groups is 1. The Bertz CT molecular complexity index is 936. The summed E-state index contributed by atoms with van der Waals surface area (Å²) in [7, 11) is 0. The predicted octanol–water partition coefficient (Wildman–Crippen LogP) is 3.54. The third kappa shape index (κ3) is 3.42. The molecule has 1 aliphatic carbocycles. The summed E-state index contributed by atoms with van der Waals surface area (Å²) in [6.07, 6.45) is 8.30. The van der Waals surface area contributed by atoms with Crippen molar-refractivity contribution in [2.75, 3.05) is 5.32 Å². The maximum atomic E-state index is 12.0. The van der Waals surface area contributed by atoms with Crippen LogP contribution in [-0.4, -0.2) is 27.0 Å². The summed E-state index contributed by atoms with van der Waals surface area (Å²) in [5, 5.41) is 5.78. The van der Waals surface area contributed by atoms with Crippen molar-refractivity contribution in [1.29, 1.82) is 0 Å². The zero-order chi connectivity index (χ0) is 17.2. The van der Waals surface area contributed by atoms with E-state index < -0.39 is 0 Å². The van der Waals surface area contributed by atoms with Crippen molar-refractivity contribution in [3.8, 4) is 11.1 Å². The van der Waals surface area contributed by atoms with Crippen molar-refractivity contribution in [2.45, 2.75) is 32.2 Å². The molecule has 0 saturated heterocycles. The van der Waals surface area contributed by atoms with Crippen molar-refractivity contribution in [1.82, 2.24) is 20.3 Å². The zero-order valence-electron chi connectivity index (χ0n) is 14.0. The molecule has 126 valence electrons. The quantitative estimate of drug-likeness (QED) is 0.765. The first-order valence-electron chi connectivity index (χ1n) is 8.50. The van der Waals surface area contributed by atoms with Gasteiger partial charge in [-0.3, -0.25) is 15.0 Å². The van der Waals surface area contributed by atoms with Crippen LogP contribution in [0.25, 0.3) is 22.2 Å². The molecule has 0 unspecified atom stereocenters. The van der Waals surface area contributed by atoms with Gasteiger partial charge in [0.15, 0.2) is 0 Å². The van der Waals surface area contributed by atoms with E-state index in [9.17, 15) is 4.79 Å². The SMILES string of the molecule is CCc1cc(-c2cnc3c(NC(=O)NC4CC4)ccnc3c2)ccn1. The van der Waals surface area contributed by atoms with Gasteiger partial charge in [0.25, 0.3) is 0 Å². The first-order chi connectivity index (χ1) is 12.2. The highest BCUT2D eigenvalue weighted by Crippen LogP contribution is 2.26. The number of hydrogen-bond acceptors (Lipinski definition) is 4. The minimum absolute atomic E-state index is 0.192. The number of fused-ring (bicyclic) bond motifs is 1. The molecule has 3 aromatic rings. The van der Waals surface area contributed by atoms with Gasteiger partial charge < -0.3 is 10.6 Å². The van der Waals surface area contributed by atoms with Crippen LogP contribution in [0.3, 0.4) is 0 Å². The van der Waals surface area contributed by atoms with Crippen molar-refractivity contribution in [3.63, 3.8) is 0 Å². The highest BCUT2D eigenvalue weighted by Gasteiger charge is 2.23. The molecule has 0 bridgehead atoms. The molecule has 25 heavy (non-hydrogen) atoms. The number of amides is 2. The molecule has 3 aromatic heterocycles. The third-order valence-corrected chi connectivity index (χ3v) is 4.25. The van der Waals surface area contributed by atoms with Gasteiger partial charge in [-0.15, -0.1) is 0 Å². The smallest absolute Gasteiger partial charge is 0.319 e. The van der Waals surface area contributed by atoms with E-state index in [0.717, 1.165) is 41.6 Å². The molecule has 1 aliphatic rings. The first-order valence-corrected chi connectivity index (χ1v) is 8.50. The van der Waals surface area contributed by atoms with Gasteiger partial charge in [-0.25, -0.2) is 4.79 Å². The lowest BCUT2D eigenvalue weighted by Crippen LogP contribution is -2.30. The summed E-state index contributed by atoms with van der Waals surface area (Å²) < 4.78 is 0. The summed E-state index contributed by atoms with van der Waals surface area (Å²) >= 11 is 0. The van der Waals surface area contributed by atoms with Crippen LogP contribution in [0.2, 0.25) is 0 Å². The van der Waals surface area contributed by atoms with Crippen LogP contribution in [0.15, 0.2) is 42.9 Å². The molecule has 1 fully saturated rings. The Kier molecular flexibility index (Phi) is 4.01. The van der Waals surface area contributed by atoms with Gasteiger partial charge in [0.1, 0.15) is 5.52 Å². The number of pyridine rings is 3. The van der Waals surface area contributed by atoms with Crippen LogP contribution in [0.4, 0.5) is 10.5 Å². The van der Waals surface area contributed by atoms with Crippen molar-refractivity contribution in [2.24, 2.45) is 0 Å². The largest absolute Gasteiger partial charge is 0.335 e. The molecule has 0 aromatic carbocycles. The highest BCUT2D eigenvalue weighted by molar-refractivity contribution is 5.99. The number of carbonyl (C=O) groups excluding carboxylic acids is 1. The Hall–Kier alpha value is -3.02. The standard InChI is InChI=1S/C19H19N5O/c1-2-14-9-12(5-7-20-14)13-10-17-18(22-11-13)16(6-8-21-17)24-19(25)23-15-3-4-15/h5-11,15H,2-4H2,1H3,(H2,21,23,24,25).